The lowest BCUT2D eigenvalue weighted by Crippen LogP contribution is -2.14. The standard InChI is InChI=1S/C20H18Cl2F4N10O3P/c21-15-13-17(33-19(27)31-15)35(7-29-13)3-1-9(5-11(23)24)38-40(37)39-10(6-12(25)26)2-4-36-8-30-14-16(22)32-20(28)34-18(14)36/h5-10H,1-4H2,(H2,27,31,33)(H2,28,32,34)/q+1. The maximum atomic E-state index is 13.1. The van der Waals surface area contributed by atoms with Gasteiger partial charge in [-0.3, -0.25) is 0 Å². The molecule has 0 bridgehead atoms. The van der Waals surface area contributed by atoms with E-state index in [0.29, 0.717) is 12.2 Å². The van der Waals surface area contributed by atoms with Crippen LogP contribution in [0, 0.1) is 0 Å². The molecule has 0 aliphatic heterocycles. The van der Waals surface area contributed by atoms with E-state index in [0.717, 1.165) is 0 Å². The highest BCUT2D eigenvalue weighted by atomic mass is 35.5. The van der Waals surface area contributed by atoms with E-state index in [4.69, 9.17) is 43.7 Å². The normalized spacial score (nSPS) is 13.4. The SMILES string of the molecule is Nc1nc(Cl)c2ncn(CCC(C=C(F)F)O[P+](=O)OC(C=C(F)F)CCn3cnc4c(Cl)nc(N)nc43)c2n1. The molecule has 0 amide bonds. The molecule has 0 fully saturated rings. The molecule has 4 aromatic rings. The average molecular weight is 624 g/mol. The van der Waals surface area contributed by atoms with E-state index >= 15 is 0 Å². The molecule has 212 valence electrons. The fourth-order valence-corrected chi connectivity index (χ4v) is 4.84. The van der Waals surface area contributed by atoms with E-state index in [-0.39, 0.29) is 70.5 Å². The van der Waals surface area contributed by atoms with E-state index in [1.54, 1.807) is 0 Å². The van der Waals surface area contributed by atoms with Crippen molar-refractivity contribution in [3.05, 3.63) is 47.3 Å². The number of hydrogen-bond donors (Lipinski definition) is 2. The highest BCUT2D eigenvalue weighted by molar-refractivity contribution is 7.33. The van der Waals surface area contributed by atoms with Gasteiger partial charge in [-0.2, -0.15) is 37.5 Å². The van der Waals surface area contributed by atoms with Crippen LogP contribution in [0.1, 0.15) is 12.8 Å². The number of aromatic nitrogens is 8. The van der Waals surface area contributed by atoms with Crippen molar-refractivity contribution in [1.29, 1.82) is 0 Å². The van der Waals surface area contributed by atoms with Crippen LogP contribution >= 0.6 is 31.5 Å². The van der Waals surface area contributed by atoms with E-state index < -0.39 is 32.6 Å². The van der Waals surface area contributed by atoms with Crippen LogP contribution in [0.3, 0.4) is 0 Å². The molecule has 0 saturated carbocycles. The van der Waals surface area contributed by atoms with Crippen LogP contribution < -0.4 is 11.5 Å². The summed E-state index contributed by atoms with van der Waals surface area (Å²) in [6.45, 7) is 0.00911. The molecule has 0 aliphatic carbocycles. The summed E-state index contributed by atoms with van der Waals surface area (Å²) in [7, 11) is -3.14. The molecule has 0 spiro atoms. The number of imidazole rings is 2. The molecule has 4 rings (SSSR count). The van der Waals surface area contributed by atoms with Gasteiger partial charge < -0.3 is 20.6 Å². The molecule has 2 unspecified atom stereocenters. The fourth-order valence-electron chi connectivity index (χ4n) is 3.57. The molecule has 2 atom stereocenters. The summed E-state index contributed by atoms with van der Waals surface area (Å²) in [5.74, 6) is -0.250. The third-order valence-electron chi connectivity index (χ3n) is 5.25. The van der Waals surface area contributed by atoms with Crippen molar-refractivity contribution < 1.29 is 31.2 Å². The molecule has 4 aromatic heterocycles. The molecule has 4 N–H and O–H groups in total. The second kappa shape index (κ2) is 12.8. The molecule has 0 aromatic carbocycles. The number of nitrogens with zero attached hydrogens (tertiary/aromatic N) is 8. The van der Waals surface area contributed by atoms with Crippen LogP contribution in [0.25, 0.3) is 22.3 Å². The quantitative estimate of drug-likeness (QED) is 0.125. The zero-order chi connectivity index (χ0) is 29.0. The molecule has 0 aliphatic rings. The van der Waals surface area contributed by atoms with Crippen molar-refractivity contribution in [3.63, 3.8) is 0 Å². The minimum absolute atomic E-state index is 0.00197. The minimum atomic E-state index is -3.14. The van der Waals surface area contributed by atoms with Gasteiger partial charge in [0.15, 0.2) is 21.6 Å². The molecule has 13 nitrogen and oxygen atoms in total. The van der Waals surface area contributed by atoms with Gasteiger partial charge in [-0.25, -0.2) is 9.97 Å². The highest BCUT2D eigenvalue weighted by Gasteiger charge is 2.31. The average Bonchev–Trinajstić information content (AvgIpc) is 3.44. The Morgan fingerprint density at radius 2 is 1.23 bits per heavy atom. The maximum Gasteiger partial charge on any atom is 0.698 e. The van der Waals surface area contributed by atoms with Gasteiger partial charge in [-0.05, 0) is 0 Å². The van der Waals surface area contributed by atoms with Crippen LogP contribution in [0.2, 0.25) is 10.3 Å². The summed E-state index contributed by atoms with van der Waals surface area (Å²) in [5.41, 5.74) is 12.2. The summed E-state index contributed by atoms with van der Waals surface area (Å²) in [6, 6.07) is 0. The number of nitrogen functional groups attached to an aromatic ring is 2. The van der Waals surface area contributed by atoms with Gasteiger partial charge in [0, 0.05) is 42.6 Å². The van der Waals surface area contributed by atoms with E-state index in [1.807, 2.05) is 0 Å². The van der Waals surface area contributed by atoms with Crippen LogP contribution in [-0.2, 0) is 26.7 Å². The lowest BCUT2D eigenvalue weighted by atomic mass is 10.2. The summed E-state index contributed by atoms with van der Waals surface area (Å²) >= 11 is 12.0. The van der Waals surface area contributed by atoms with Crippen LogP contribution in [0.5, 0.6) is 0 Å². The summed E-state index contributed by atoms with van der Waals surface area (Å²) in [6.07, 6.45) is -3.90. The second-order valence-electron chi connectivity index (χ2n) is 7.97. The van der Waals surface area contributed by atoms with Crippen molar-refractivity contribution >= 4 is 65.7 Å². The summed E-state index contributed by atoms with van der Waals surface area (Å²) in [5, 5.41) is 0.00393. The Morgan fingerprint density at radius 1 is 0.825 bits per heavy atom. The molecule has 4 heterocycles. The van der Waals surface area contributed by atoms with E-state index in [1.165, 1.54) is 21.8 Å². The molecular weight excluding hydrogens is 606 g/mol. The number of rotatable bonds is 12. The predicted octanol–water partition coefficient (Wildman–Crippen LogP) is 4.91. The minimum Gasteiger partial charge on any atom is -0.368 e. The third-order valence-corrected chi connectivity index (χ3v) is 6.67. The molecular formula is C20H18Cl2F4N10O3P+. The molecule has 40 heavy (non-hydrogen) atoms. The first-order chi connectivity index (χ1) is 19.0. The Labute approximate surface area is 232 Å². The summed E-state index contributed by atoms with van der Waals surface area (Å²) < 4.78 is 78.1. The Morgan fingerprint density at radius 3 is 1.60 bits per heavy atom. The van der Waals surface area contributed by atoms with Crippen LogP contribution in [0.15, 0.2) is 37.0 Å². The maximum absolute atomic E-state index is 13.1. The Balaban J connectivity index is 1.43. The van der Waals surface area contributed by atoms with Gasteiger partial charge in [-0.15, -0.1) is 9.05 Å². The Hall–Kier alpha value is -3.50. The third kappa shape index (κ3) is 7.37. The number of nitrogens with two attached hydrogens (primary N) is 2. The summed E-state index contributed by atoms with van der Waals surface area (Å²) in [4.78, 5) is 23.7. The zero-order valence-electron chi connectivity index (χ0n) is 20.0. The second-order valence-corrected chi connectivity index (χ2v) is 9.55. The monoisotopic (exact) mass is 623 g/mol. The highest BCUT2D eigenvalue weighted by Crippen LogP contribution is 2.33. The number of halogens is 6. The van der Waals surface area contributed by atoms with E-state index in [2.05, 4.69) is 29.9 Å². The van der Waals surface area contributed by atoms with Crippen LogP contribution in [0.4, 0.5) is 29.5 Å². The lowest BCUT2D eigenvalue weighted by molar-refractivity contribution is 0.150. The zero-order valence-corrected chi connectivity index (χ0v) is 22.4. The molecule has 20 heteroatoms. The van der Waals surface area contributed by atoms with Crippen molar-refractivity contribution in [2.45, 2.75) is 38.1 Å². The van der Waals surface area contributed by atoms with E-state index in [9.17, 15) is 22.1 Å². The lowest BCUT2D eigenvalue weighted by Gasteiger charge is -2.10. The van der Waals surface area contributed by atoms with Gasteiger partial charge in [0.2, 0.25) is 11.9 Å². The number of fused-ring (bicyclic) bond motifs is 2. The Kier molecular flexibility index (Phi) is 9.42. The smallest absolute Gasteiger partial charge is 0.368 e. The predicted molar refractivity (Wildman–Crippen MR) is 137 cm³/mol. The number of aryl methyl sites for hydroxylation is 2. The first kappa shape index (κ1) is 29.5. The topological polar surface area (TPSA) is 175 Å². The van der Waals surface area contributed by atoms with Gasteiger partial charge in [0.25, 0.3) is 12.2 Å². The van der Waals surface area contributed by atoms with Gasteiger partial charge in [0.1, 0.15) is 23.2 Å². The van der Waals surface area contributed by atoms with Gasteiger partial charge >= 0.3 is 8.25 Å². The first-order valence-electron chi connectivity index (χ1n) is 11.1. The van der Waals surface area contributed by atoms with Crippen molar-refractivity contribution in [2.75, 3.05) is 11.5 Å². The molecule has 0 saturated heterocycles. The van der Waals surface area contributed by atoms with Crippen molar-refractivity contribution in [3.8, 4) is 0 Å². The van der Waals surface area contributed by atoms with Gasteiger partial charge in [-0.1, -0.05) is 23.2 Å². The van der Waals surface area contributed by atoms with Crippen molar-refractivity contribution in [1.82, 2.24) is 39.0 Å². The van der Waals surface area contributed by atoms with Gasteiger partial charge in [0.05, 0.1) is 12.7 Å². The Bertz CT molecular complexity index is 1490. The largest absolute Gasteiger partial charge is 0.698 e. The van der Waals surface area contributed by atoms with Crippen LogP contribution in [-0.4, -0.2) is 51.2 Å². The number of anilines is 2. The van der Waals surface area contributed by atoms with Crippen molar-refractivity contribution in [2.24, 2.45) is 0 Å². The molecule has 0 radical (unpaired) electrons. The fraction of sp³-hybridized carbons (Fsp3) is 0.300. The number of hydrogen-bond acceptors (Lipinski definition) is 11. The first-order valence-corrected chi connectivity index (χ1v) is 13.0.